The van der Waals surface area contributed by atoms with E-state index in [1.54, 1.807) is 0 Å². The van der Waals surface area contributed by atoms with Crippen LogP contribution in [0.3, 0.4) is 0 Å². The van der Waals surface area contributed by atoms with Crippen LogP contribution in [0.4, 0.5) is 0 Å². The van der Waals surface area contributed by atoms with Crippen LogP contribution >= 0.6 is 0 Å². The average Bonchev–Trinajstić information content (AvgIpc) is 3.53. The van der Waals surface area contributed by atoms with Crippen molar-refractivity contribution in [3.05, 3.63) is 217 Å². The van der Waals surface area contributed by atoms with Crippen molar-refractivity contribution in [1.29, 1.82) is 0 Å². The summed E-state index contributed by atoms with van der Waals surface area (Å²) >= 11 is 0. The Hall–Kier alpha value is -7.28. The normalized spacial score (nSPS) is 13.1. The first-order valence-corrected chi connectivity index (χ1v) is 20.8. The second-order valence-corrected chi connectivity index (χ2v) is 16.8. The molecule has 0 N–H and O–H groups in total. The van der Waals surface area contributed by atoms with E-state index in [0.717, 1.165) is 0 Å². The van der Waals surface area contributed by atoms with Crippen LogP contribution in [-0.2, 0) is 5.41 Å². The monoisotopic (exact) mass is 748 g/mol. The molecule has 0 fully saturated rings. The predicted octanol–water partition coefficient (Wildman–Crippen LogP) is 16.4. The van der Waals surface area contributed by atoms with Gasteiger partial charge in [0.1, 0.15) is 0 Å². The molecule has 0 unspecified atom stereocenters. The van der Waals surface area contributed by atoms with Crippen LogP contribution in [0.2, 0.25) is 0 Å². The Morgan fingerprint density at radius 1 is 0.254 bits per heavy atom. The van der Waals surface area contributed by atoms with Gasteiger partial charge in [-0.2, -0.15) is 0 Å². The highest BCUT2D eigenvalue weighted by molar-refractivity contribution is 6.22. The molecular formula is C59H40. The van der Waals surface area contributed by atoms with Gasteiger partial charge in [0.05, 0.1) is 0 Å². The molecule has 0 spiro atoms. The lowest BCUT2D eigenvalue weighted by molar-refractivity contribution is 0.661. The average molecular weight is 749 g/mol. The maximum Gasteiger partial charge on any atom is 0.0159 e. The van der Waals surface area contributed by atoms with Crippen LogP contribution in [-0.4, -0.2) is 0 Å². The number of benzene rings is 11. The summed E-state index contributed by atoms with van der Waals surface area (Å²) < 4.78 is 0. The highest BCUT2D eigenvalue weighted by Gasteiger charge is 2.37. The van der Waals surface area contributed by atoms with Gasteiger partial charge in [0.2, 0.25) is 0 Å². The van der Waals surface area contributed by atoms with Crippen LogP contribution in [0.25, 0.3) is 109 Å². The molecule has 0 aliphatic heterocycles. The molecule has 11 aromatic rings. The summed E-state index contributed by atoms with van der Waals surface area (Å²) in [7, 11) is 0. The quantitative estimate of drug-likeness (QED) is 0.124. The van der Waals surface area contributed by atoms with Crippen molar-refractivity contribution >= 4 is 53.9 Å². The zero-order chi connectivity index (χ0) is 39.2. The van der Waals surface area contributed by atoms with E-state index in [1.807, 2.05) is 0 Å². The molecule has 0 bridgehead atoms. The van der Waals surface area contributed by atoms with E-state index in [-0.39, 0.29) is 5.41 Å². The van der Waals surface area contributed by atoms with Crippen molar-refractivity contribution in [2.75, 3.05) is 0 Å². The van der Waals surface area contributed by atoms with E-state index in [4.69, 9.17) is 0 Å². The van der Waals surface area contributed by atoms with Crippen LogP contribution in [0.1, 0.15) is 25.0 Å². The van der Waals surface area contributed by atoms with E-state index < -0.39 is 0 Å². The Balaban J connectivity index is 1.02. The Kier molecular flexibility index (Phi) is 7.38. The van der Waals surface area contributed by atoms with E-state index in [9.17, 15) is 0 Å². The maximum absolute atomic E-state index is 2.47. The smallest absolute Gasteiger partial charge is 0.0159 e. The van der Waals surface area contributed by atoms with Crippen molar-refractivity contribution in [2.24, 2.45) is 0 Å². The second-order valence-electron chi connectivity index (χ2n) is 16.8. The lowest BCUT2D eigenvalue weighted by Crippen LogP contribution is -2.15. The molecule has 12 rings (SSSR count). The Morgan fingerprint density at radius 2 is 0.712 bits per heavy atom. The maximum atomic E-state index is 2.47. The first kappa shape index (κ1) is 33.8. The molecule has 276 valence electrons. The Labute approximate surface area is 344 Å². The summed E-state index contributed by atoms with van der Waals surface area (Å²) in [4.78, 5) is 0. The molecule has 0 radical (unpaired) electrons. The zero-order valence-corrected chi connectivity index (χ0v) is 33.1. The van der Waals surface area contributed by atoms with Gasteiger partial charge in [0.25, 0.3) is 0 Å². The minimum atomic E-state index is -0.0764. The van der Waals surface area contributed by atoms with Gasteiger partial charge >= 0.3 is 0 Å². The van der Waals surface area contributed by atoms with Crippen LogP contribution in [0, 0.1) is 0 Å². The molecule has 1 aliphatic carbocycles. The van der Waals surface area contributed by atoms with Gasteiger partial charge in [-0.3, -0.25) is 0 Å². The van der Waals surface area contributed by atoms with Gasteiger partial charge < -0.3 is 0 Å². The first-order chi connectivity index (χ1) is 29.0. The molecular weight excluding hydrogens is 709 g/mol. The van der Waals surface area contributed by atoms with Gasteiger partial charge in [-0.1, -0.05) is 202 Å². The summed E-state index contributed by atoms with van der Waals surface area (Å²) in [6.07, 6.45) is 0. The fraction of sp³-hybridized carbons (Fsp3) is 0.0508. The van der Waals surface area contributed by atoms with Crippen LogP contribution in [0.5, 0.6) is 0 Å². The van der Waals surface area contributed by atoms with E-state index in [2.05, 4.69) is 220 Å². The molecule has 0 saturated heterocycles. The summed E-state index contributed by atoms with van der Waals surface area (Å²) in [6.45, 7) is 4.75. The van der Waals surface area contributed by atoms with Gasteiger partial charge in [-0.25, -0.2) is 0 Å². The lowest BCUT2D eigenvalue weighted by atomic mass is 9.80. The summed E-state index contributed by atoms with van der Waals surface area (Å²) in [5.41, 5.74) is 15.5. The molecule has 1 aliphatic rings. The van der Waals surface area contributed by atoms with Crippen molar-refractivity contribution in [3.8, 4) is 55.6 Å². The number of fused-ring (bicyclic) bond motifs is 10. The molecule has 0 heterocycles. The number of rotatable bonds is 4. The topological polar surface area (TPSA) is 0 Å². The minimum Gasteiger partial charge on any atom is -0.0619 e. The molecule has 0 nitrogen and oxygen atoms in total. The third kappa shape index (κ3) is 5.03. The van der Waals surface area contributed by atoms with Gasteiger partial charge in [0.15, 0.2) is 0 Å². The molecule has 0 aromatic heterocycles. The first-order valence-electron chi connectivity index (χ1n) is 20.8. The summed E-state index contributed by atoms with van der Waals surface area (Å²) in [6, 6.07) is 76.9. The molecule has 0 saturated carbocycles. The van der Waals surface area contributed by atoms with Crippen molar-refractivity contribution in [3.63, 3.8) is 0 Å². The third-order valence-corrected chi connectivity index (χ3v) is 13.2. The fourth-order valence-corrected chi connectivity index (χ4v) is 10.5. The Bertz CT molecular complexity index is 3450. The summed E-state index contributed by atoms with van der Waals surface area (Å²) in [5.74, 6) is 0. The van der Waals surface area contributed by atoms with E-state index in [1.165, 1.54) is 121 Å². The highest BCUT2D eigenvalue weighted by atomic mass is 14.4. The molecule has 59 heavy (non-hydrogen) atoms. The van der Waals surface area contributed by atoms with Gasteiger partial charge in [0, 0.05) is 5.41 Å². The third-order valence-electron chi connectivity index (χ3n) is 13.2. The molecule has 0 heteroatoms. The fourth-order valence-electron chi connectivity index (χ4n) is 10.5. The van der Waals surface area contributed by atoms with Crippen LogP contribution in [0.15, 0.2) is 206 Å². The van der Waals surface area contributed by atoms with Crippen molar-refractivity contribution in [1.82, 2.24) is 0 Å². The largest absolute Gasteiger partial charge is 0.0619 e. The summed E-state index contributed by atoms with van der Waals surface area (Å²) in [5, 5.41) is 12.8. The second kappa shape index (κ2) is 12.9. The van der Waals surface area contributed by atoms with Gasteiger partial charge in [-0.15, -0.1) is 0 Å². The molecule has 0 amide bonds. The van der Waals surface area contributed by atoms with Crippen molar-refractivity contribution < 1.29 is 0 Å². The standard InChI is InChI=1S/C59H40/c1-59(2)54-29-14-13-28-51(54)58-46-23-8-7-22-45(46)53(36-55(58)59)37-30-32-38(33-31-37)56-47-24-9-11-26-49(47)57(50-27-12-10-25-48(50)56)41-18-15-17-39(34-41)52-35-40-16-3-4-19-42(40)43-20-5-6-21-44(43)52/h3-36H,1-2H3. The number of hydrogen-bond donors (Lipinski definition) is 0. The number of hydrogen-bond acceptors (Lipinski definition) is 0. The van der Waals surface area contributed by atoms with Gasteiger partial charge in [-0.05, 0) is 139 Å². The molecule has 11 aromatic carbocycles. The van der Waals surface area contributed by atoms with E-state index >= 15 is 0 Å². The minimum absolute atomic E-state index is 0.0764. The SMILES string of the molecule is CC1(C)c2ccccc2-c2c1cc(-c1ccc(-c3c4ccccc4c(-c4cccc(-c5cc6ccccc6c6ccccc56)c4)c4ccccc34)cc1)c1ccccc21. The lowest BCUT2D eigenvalue weighted by Gasteiger charge is -2.23. The Morgan fingerprint density at radius 3 is 1.37 bits per heavy atom. The highest BCUT2D eigenvalue weighted by Crippen LogP contribution is 2.53. The predicted molar refractivity (Wildman–Crippen MR) is 253 cm³/mol. The van der Waals surface area contributed by atoms with Crippen LogP contribution < -0.4 is 0 Å². The zero-order valence-electron chi connectivity index (χ0n) is 33.1. The van der Waals surface area contributed by atoms with E-state index in [0.29, 0.717) is 0 Å². The molecule has 0 atom stereocenters. The van der Waals surface area contributed by atoms with Crippen molar-refractivity contribution in [2.45, 2.75) is 19.3 Å².